The number of carboxylic acid groups (broad SMARTS) is 1. The van der Waals surface area contributed by atoms with Crippen LogP contribution in [0.15, 0.2) is 48.5 Å². The number of carboxylic acids is 1. The molecule has 0 radical (unpaired) electrons. The highest BCUT2D eigenvalue weighted by Gasteiger charge is 2.18. The molecule has 8 heteroatoms. The molecule has 0 aromatic heterocycles. The van der Waals surface area contributed by atoms with E-state index in [2.05, 4.69) is 5.32 Å². The number of benzene rings is 2. The fourth-order valence-corrected chi connectivity index (χ4v) is 3.45. The third-order valence-corrected chi connectivity index (χ3v) is 4.78. The normalized spacial score (nSPS) is 10.9. The van der Waals surface area contributed by atoms with Crippen LogP contribution >= 0.6 is 0 Å². The van der Waals surface area contributed by atoms with Crippen LogP contribution in [0.1, 0.15) is 15.9 Å². The van der Waals surface area contributed by atoms with Crippen molar-refractivity contribution in [2.24, 2.45) is 0 Å². The van der Waals surface area contributed by atoms with Crippen molar-refractivity contribution in [2.75, 3.05) is 18.2 Å². The summed E-state index contributed by atoms with van der Waals surface area (Å²) in [6, 6.07) is 11.9. The van der Waals surface area contributed by atoms with E-state index in [-0.39, 0.29) is 11.3 Å². The van der Waals surface area contributed by atoms with E-state index in [0.29, 0.717) is 17.0 Å². The van der Waals surface area contributed by atoms with Crippen LogP contribution in [-0.4, -0.2) is 33.2 Å². The highest BCUT2D eigenvalue weighted by Crippen LogP contribution is 2.23. The van der Waals surface area contributed by atoms with Crippen LogP contribution < -0.4 is 15.2 Å². The molecule has 0 atom stereocenters. The van der Waals surface area contributed by atoms with E-state index >= 15 is 0 Å². The molecule has 1 N–H and O–H groups in total. The van der Waals surface area contributed by atoms with E-state index < -0.39 is 27.5 Å². The third-order valence-electron chi connectivity index (χ3n) is 3.31. The summed E-state index contributed by atoms with van der Waals surface area (Å²) in [4.78, 5) is 22.7. The Bertz CT molecular complexity index is 874. The van der Waals surface area contributed by atoms with E-state index in [9.17, 15) is 23.1 Å². The number of sulfone groups is 1. The number of hydrogen-bond acceptors (Lipinski definition) is 6. The molecule has 0 aliphatic rings. The first-order chi connectivity index (χ1) is 11.8. The summed E-state index contributed by atoms with van der Waals surface area (Å²) in [5.41, 5.74) is 0.716. The van der Waals surface area contributed by atoms with Crippen LogP contribution in [0.25, 0.3) is 0 Å². The first kappa shape index (κ1) is 18.5. The highest BCUT2D eigenvalue weighted by molar-refractivity contribution is 7.91. The molecule has 0 aliphatic carbocycles. The number of carbonyl (C=O) groups excluding carboxylic acids is 2. The second-order valence-corrected chi connectivity index (χ2v) is 7.33. The molecule has 0 aliphatic heterocycles. The lowest BCUT2D eigenvalue weighted by atomic mass is 10.1. The number of carbonyl (C=O) groups is 2. The van der Waals surface area contributed by atoms with Crippen LogP contribution in [0.3, 0.4) is 0 Å². The van der Waals surface area contributed by atoms with Gasteiger partial charge in [-0.25, -0.2) is 8.42 Å². The standard InChI is InChI=1S/C17H17NO6S/c1-24-15-5-3-2-4-14(15)18-16(19)11-25(22,23)10-12-6-8-13(9-7-12)17(20)21/h2-9H,10-11H2,1H3,(H,18,19)(H,20,21)/p-1. The lowest BCUT2D eigenvalue weighted by Gasteiger charge is -2.10. The zero-order valence-electron chi connectivity index (χ0n) is 13.4. The zero-order valence-corrected chi connectivity index (χ0v) is 14.2. The smallest absolute Gasteiger partial charge is 0.239 e. The summed E-state index contributed by atoms with van der Waals surface area (Å²) < 4.78 is 29.4. The average molecular weight is 362 g/mol. The molecule has 2 rings (SSSR count). The van der Waals surface area contributed by atoms with Gasteiger partial charge < -0.3 is 20.0 Å². The lowest BCUT2D eigenvalue weighted by Crippen LogP contribution is -2.24. The summed E-state index contributed by atoms with van der Waals surface area (Å²) >= 11 is 0. The highest BCUT2D eigenvalue weighted by atomic mass is 32.2. The zero-order chi connectivity index (χ0) is 18.4. The van der Waals surface area contributed by atoms with Crippen molar-refractivity contribution in [1.82, 2.24) is 0 Å². The van der Waals surface area contributed by atoms with Gasteiger partial charge in [0.1, 0.15) is 11.5 Å². The number of para-hydroxylation sites is 2. The predicted molar refractivity (Wildman–Crippen MR) is 89.9 cm³/mol. The molecular formula is C17H16NO6S-. The average Bonchev–Trinajstić information content (AvgIpc) is 2.54. The second kappa shape index (κ2) is 7.80. The fraction of sp³-hybridized carbons (Fsp3) is 0.176. The van der Waals surface area contributed by atoms with Crippen molar-refractivity contribution >= 4 is 27.4 Å². The van der Waals surface area contributed by atoms with Gasteiger partial charge in [0.2, 0.25) is 5.91 Å². The van der Waals surface area contributed by atoms with Gasteiger partial charge in [-0.15, -0.1) is 0 Å². The quantitative estimate of drug-likeness (QED) is 0.772. The fourth-order valence-electron chi connectivity index (χ4n) is 2.18. The molecule has 0 saturated heterocycles. The number of amides is 1. The number of aromatic carboxylic acids is 1. The summed E-state index contributed by atoms with van der Waals surface area (Å²) in [6.45, 7) is 0. The number of hydrogen-bond donors (Lipinski definition) is 1. The predicted octanol–water partition coefficient (Wildman–Crippen LogP) is 0.612. The van der Waals surface area contributed by atoms with E-state index in [0.717, 1.165) is 0 Å². The van der Waals surface area contributed by atoms with Gasteiger partial charge in [0.15, 0.2) is 9.84 Å². The Kier molecular flexibility index (Phi) is 5.76. The van der Waals surface area contributed by atoms with Gasteiger partial charge in [-0.05, 0) is 23.3 Å². The van der Waals surface area contributed by atoms with Gasteiger partial charge in [0, 0.05) is 0 Å². The minimum atomic E-state index is -3.72. The van der Waals surface area contributed by atoms with Crippen molar-refractivity contribution in [1.29, 1.82) is 0 Å². The maximum Gasteiger partial charge on any atom is 0.239 e. The van der Waals surface area contributed by atoms with Crippen molar-refractivity contribution in [2.45, 2.75) is 5.75 Å². The van der Waals surface area contributed by atoms with Crippen molar-refractivity contribution in [3.8, 4) is 5.75 Å². The lowest BCUT2D eigenvalue weighted by molar-refractivity contribution is -0.255. The van der Waals surface area contributed by atoms with Crippen LogP contribution in [0.5, 0.6) is 5.75 Å². The van der Waals surface area contributed by atoms with Gasteiger partial charge >= 0.3 is 0 Å². The molecule has 0 heterocycles. The Balaban J connectivity index is 2.02. The molecule has 2 aromatic carbocycles. The molecule has 25 heavy (non-hydrogen) atoms. The maximum atomic E-state index is 12.2. The SMILES string of the molecule is COc1ccccc1NC(=O)CS(=O)(=O)Cc1ccc(C(=O)[O-])cc1. The van der Waals surface area contributed by atoms with Crippen LogP contribution in [0.2, 0.25) is 0 Å². The number of rotatable bonds is 7. The van der Waals surface area contributed by atoms with Crippen LogP contribution in [0, 0.1) is 0 Å². The minimum absolute atomic E-state index is 0.0462. The van der Waals surface area contributed by atoms with Crippen molar-refractivity contribution < 1.29 is 27.9 Å². The molecular weight excluding hydrogens is 346 g/mol. The van der Waals surface area contributed by atoms with Crippen molar-refractivity contribution in [3.05, 3.63) is 59.7 Å². The van der Waals surface area contributed by atoms with E-state index in [1.165, 1.54) is 31.4 Å². The van der Waals surface area contributed by atoms with Gasteiger partial charge in [-0.1, -0.05) is 36.4 Å². The Morgan fingerprint density at radius 2 is 1.72 bits per heavy atom. The van der Waals surface area contributed by atoms with Gasteiger partial charge in [0.05, 0.1) is 24.5 Å². The Labute approximate surface area is 145 Å². The largest absolute Gasteiger partial charge is 0.545 e. The minimum Gasteiger partial charge on any atom is -0.545 e. The summed E-state index contributed by atoms with van der Waals surface area (Å²) in [5.74, 6) is -2.68. The maximum absolute atomic E-state index is 12.2. The molecule has 132 valence electrons. The van der Waals surface area contributed by atoms with E-state index in [1.54, 1.807) is 24.3 Å². The topological polar surface area (TPSA) is 113 Å². The Hall–Kier alpha value is -2.87. The summed E-state index contributed by atoms with van der Waals surface area (Å²) in [6.07, 6.45) is 0. The van der Waals surface area contributed by atoms with E-state index in [1.807, 2.05) is 0 Å². The molecule has 0 bridgehead atoms. The molecule has 0 fully saturated rings. The molecule has 0 saturated carbocycles. The number of methoxy groups -OCH3 is 1. The number of nitrogens with one attached hydrogen (secondary N) is 1. The van der Waals surface area contributed by atoms with Crippen LogP contribution in [-0.2, 0) is 20.4 Å². The molecule has 0 unspecified atom stereocenters. The van der Waals surface area contributed by atoms with Gasteiger partial charge in [-0.3, -0.25) is 4.79 Å². The summed E-state index contributed by atoms with van der Waals surface area (Å²) in [7, 11) is -2.28. The van der Waals surface area contributed by atoms with Crippen LogP contribution in [0.4, 0.5) is 5.69 Å². The number of ether oxygens (including phenoxy) is 1. The Morgan fingerprint density at radius 1 is 1.08 bits per heavy atom. The second-order valence-electron chi connectivity index (χ2n) is 5.27. The van der Waals surface area contributed by atoms with Crippen molar-refractivity contribution in [3.63, 3.8) is 0 Å². The molecule has 2 aromatic rings. The first-order valence-corrected chi connectivity index (χ1v) is 9.06. The van der Waals surface area contributed by atoms with E-state index in [4.69, 9.17) is 4.74 Å². The Morgan fingerprint density at radius 3 is 2.32 bits per heavy atom. The third kappa shape index (κ3) is 5.32. The molecule has 1 amide bonds. The molecule has 7 nitrogen and oxygen atoms in total. The first-order valence-electron chi connectivity index (χ1n) is 7.24. The monoisotopic (exact) mass is 362 g/mol. The molecule has 0 spiro atoms. The van der Waals surface area contributed by atoms with Gasteiger partial charge in [0.25, 0.3) is 0 Å². The number of anilines is 1. The summed E-state index contributed by atoms with van der Waals surface area (Å²) in [5, 5.41) is 13.2. The van der Waals surface area contributed by atoms with Gasteiger partial charge in [-0.2, -0.15) is 0 Å².